The molecular weight excluding hydrogens is 271 g/mol. The molecular formula is C13H12ClFN2O2. The topological polar surface area (TPSA) is 48.2 Å². The first kappa shape index (κ1) is 12.6. The van der Waals surface area contributed by atoms with Gasteiger partial charge in [-0.15, -0.1) is 0 Å². The van der Waals surface area contributed by atoms with E-state index in [2.05, 4.69) is 10.1 Å². The maximum Gasteiger partial charge on any atom is 0.256 e. The first-order valence-electron chi connectivity index (χ1n) is 6.08. The Kier molecular flexibility index (Phi) is 3.24. The van der Waals surface area contributed by atoms with Crippen molar-refractivity contribution in [2.24, 2.45) is 0 Å². The van der Waals surface area contributed by atoms with Crippen LogP contribution in [0.2, 0.25) is 5.02 Å². The maximum absolute atomic E-state index is 13.9. The molecule has 19 heavy (non-hydrogen) atoms. The minimum absolute atomic E-state index is 0.0367. The molecule has 1 aliphatic rings. The lowest BCUT2D eigenvalue weighted by Crippen LogP contribution is -2.01. The van der Waals surface area contributed by atoms with Crippen LogP contribution in [0.25, 0.3) is 11.4 Å². The van der Waals surface area contributed by atoms with Crippen molar-refractivity contribution < 1.29 is 13.7 Å². The summed E-state index contributed by atoms with van der Waals surface area (Å²) >= 11 is 5.73. The second kappa shape index (κ2) is 4.90. The number of hydrogen-bond acceptors (Lipinski definition) is 4. The Hall–Kier alpha value is -1.46. The largest absolute Gasteiger partial charge is 0.365 e. The fourth-order valence-corrected chi connectivity index (χ4v) is 2.31. The van der Waals surface area contributed by atoms with Crippen LogP contribution < -0.4 is 0 Å². The van der Waals surface area contributed by atoms with Crippen molar-refractivity contribution in [2.45, 2.75) is 32.0 Å². The summed E-state index contributed by atoms with van der Waals surface area (Å²) in [7, 11) is 0. The lowest BCUT2D eigenvalue weighted by atomic mass is 10.2. The van der Waals surface area contributed by atoms with Crippen LogP contribution in [0.1, 0.15) is 31.8 Å². The monoisotopic (exact) mass is 282 g/mol. The molecule has 6 heteroatoms. The van der Waals surface area contributed by atoms with Gasteiger partial charge in [0.2, 0.25) is 5.82 Å². The molecule has 2 aromatic rings. The van der Waals surface area contributed by atoms with Gasteiger partial charge in [0.15, 0.2) is 5.82 Å². The fourth-order valence-electron chi connectivity index (χ4n) is 2.14. The van der Waals surface area contributed by atoms with Crippen LogP contribution in [0.5, 0.6) is 0 Å². The van der Waals surface area contributed by atoms with Crippen LogP contribution in [0.3, 0.4) is 0 Å². The minimum atomic E-state index is -0.544. The Balaban J connectivity index is 1.91. The predicted octanol–water partition coefficient (Wildman–Crippen LogP) is 3.77. The highest BCUT2D eigenvalue weighted by molar-refractivity contribution is 6.31. The number of nitrogens with zero attached hydrogens (tertiary/aromatic N) is 2. The average molecular weight is 283 g/mol. The number of rotatable bonds is 2. The highest BCUT2D eigenvalue weighted by Gasteiger charge is 2.28. The molecule has 0 bridgehead atoms. The maximum atomic E-state index is 13.9. The van der Waals surface area contributed by atoms with Crippen molar-refractivity contribution in [1.29, 1.82) is 0 Å². The number of hydrogen-bond donors (Lipinski definition) is 0. The van der Waals surface area contributed by atoms with Crippen molar-refractivity contribution in [3.8, 4) is 11.4 Å². The van der Waals surface area contributed by atoms with Crippen LogP contribution in [0.4, 0.5) is 4.39 Å². The molecule has 0 amide bonds. The molecule has 1 saturated heterocycles. The third kappa shape index (κ3) is 2.35. The summed E-state index contributed by atoms with van der Waals surface area (Å²) in [4.78, 5) is 4.20. The Morgan fingerprint density at radius 3 is 2.95 bits per heavy atom. The summed E-state index contributed by atoms with van der Waals surface area (Å²) in [6, 6.07) is 4.68. The third-order valence-electron chi connectivity index (χ3n) is 3.14. The van der Waals surface area contributed by atoms with Crippen molar-refractivity contribution in [3.05, 3.63) is 34.9 Å². The highest BCUT2D eigenvalue weighted by Crippen LogP contribution is 2.33. The molecule has 3 rings (SSSR count). The van der Waals surface area contributed by atoms with Gasteiger partial charge in [0.05, 0.1) is 16.7 Å². The van der Waals surface area contributed by atoms with Crippen molar-refractivity contribution in [1.82, 2.24) is 10.1 Å². The molecule has 4 nitrogen and oxygen atoms in total. The first-order valence-corrected chi connectivity index (χ1v) is 6.46. The number of ether oxygens (including phenoxy) is 1. The van der Waals surface area contributed by atoms with Crippen LogP contribution >= 0.6 is 11.6 Å². The lowest BCUT2D eigenvalue weighted by molar-refractivity contribution is 0.0355. The van der Waals surface area contributed by atoms with E-state index in [-0.39, 0.29) is 28.6 Å². The van der Waals surface area contributed by atoms with Gasteiger partial charge in [-0.05, 0) is 31.9 Å². The molecule has 0 aliphatic carbocycles. The van der Waals surface area contributed by atoms with Gasteiger partial charge in [-0.3, -0.25) is 0 Å². The average Bonchev–Trinajstić information content (AvgIpc) is 3.01. The highest BCUT2D eigenvalue weighted by atomic mass is 35.5. The van der Waals surface area contributed by atoms with E-state index < -0.39 is 5.82 Å². The van der Waals surface area contributed by atoms with Gasteiger partial charge in [0.25, 0.3) is 5.89 Å². The smallest absolute Gasteiger partial charge is 0.256 e. The van der Waals surface area contributed by atoms with Crippen molar-refractivity contribution >= 4 is 11.6 Å². The quantitative estimate of drug-likeness (QED) is 0.841. The van der Waals surface area contributed by atoms with Crippen LogP contribution in [-0.2, 0) is 4.74 Å². The van der Waals surface area contributed by atoms with Crippen LogP contribution in [0.15, 0.2) is 22.7 Å². The zero-order valence-electron chi connectivity index (χ0n) is 10.3. The van der Waals surface area contributed by atoms with Gasteiger partial charge in [-0.25, -0.2) is 4.39 Å². The van der Waals surface area contributed by atoms with Gasteiger partial charge in [0.1, 0.15) is 6.10 Å². The molecule has 0 radical (unpaired) electrons. The van der Waals surface area contributed by atoms with Gasteiger partial charge in [-0.1, -0.05) is 22.8 Å². The van der Waals surface area contributed by atoms with Gasteiger partial charge in [-0.2, -0.15) is 4.98 Å². The van der Waals surface area contributed by atoms with E-state index in [0.717, 1.165) is 12.8 Å². The summed E-state index contributed by atoms with van der Waals surface area (Å²) in [6.07, 6.45) is 1.77. The second-order valence-electron chi connectivity index (χ2n) is 4.57. The molecule has 1 fully saturated rings. The lowest BCUT2D eigenvalue weighted by Gasteiger charge is -2.04. The Bertz CT molecular complexity index is 602. The summed E-state index contributed by atoms with van der Waals surface area (Å²) in [5, 5.41) is 3.83. The molecule has 1 aliphatic heterocycles. The molecule has 2 heterocycles. The minimum Gasteiger partial charge on any atom is -0.365 e. The third-order valence-corrected chi connectivity index (χ3v) is 3.43. The van der Waals surface area contributed by atoms with E-state index in [1.807, 2.05) is 6.92 Å². The second-order valence-corrected chi connectivity index (χ2v) is 4.98. The van der Waals surface area contributed by atoms with E-state index in [1.54, 1.807) is 12.1 Å². The predicted molar refractivity (Wildman–Crippen MR) is 67.2 cm³/mol. The SMILES string of the molecule is C[C@H]1CC[C@H](c2nc(-c3cccc(Cl)c3F)no2)O1. The van der Waals surface area contributed by atoms with Crippen molar-refractivity contribution in [3.63, 3.8) is 0 Å². The molecule has 0 spiro atoms. The molecule has 0 unspecified atom stereocenters. The first-order chi connectivity index (χ1) is 9.15. The Labute approximate surface area is 114 Å². The molecule has 1 aromatic heterocycles. The number of benzene rings is 1. The summed E-state index contributed by atoms with van der Waals surface area (Å²) < 4.78 is 24.6. The van der Waals surface area contributed by atoms with Gasteiger partial charge in [0, 0.05) is 0 Å². The summed E-state index contributed by atoms with van der Waals surface area (Å²) in [5.74, 6) is 0.0362. The summed E-state index contributed by atoms with van der Waals surface area (Å²) in [6.45, 7) is 1.99. The Morgan fingerprint density at radius 1 is 1.37 bits per heavy atom. The van der Waals surface area contributed by atoms with Crippen LogP contribution in [0, 0.1) is 5.82 Å². The van der Waals surface area contributed by atoms with E-state index in [0.29, 0.717) is 5.89 Å². The molecule has 100 valence electrons. The van der Waals surface area contributed by atoms with Crippen LogP contribution in [-0.4, -0.2) is 16.2 Å². The van der Waals surface area contributed by atoms with E-state index in [9.17, 15) is 4.39 Å². The standard InChI is InChI=1S/C13H12ClFN2O2/c1-7-5-6-10(18-7)13-16-12(17-19-13)8-3-2-4-9(14)11(8)15/h2-4,7,10H,5-6H2,1H3/t7-,10+/m0/s1. The zero-order valence-corrected chi connectivity index (χ0v) is 11.0. The number of aromatic nitrogens is 2. The molecule has 2 atom stereocenters. The zero-order chi connectivity index (χ0) is 13.4. The van der Waals surface area contributed by atoms with E-state index in [4.69, 9.17) is 20.9 Å². The van der Waals surface area contributed by atoms with E-state index in [1.165, 1.54) is 6.07 Å². The van der Waals surface area contributed by atoms with Gasteiger partial charge < -0.3 is 9.26 Å². The van der Waals surface area contributed by atoms with E-state index >= 15 is 0 Å². The normalized spacial score (nSPS) is 22.9. The molecule has 0 N–H and O–H groups in total. The number of halogens is 2. The Morgan fingerprint density at radius 2 is 2.21 bits per heavy atom. The molecule has 1 aromatic carbocycles. The van der Waals surface area contributed by atoms with Gasteiger partial charge >= 0.3 is 0 Å². The molecule has 0 saturated carbocycles. The summed E-state index contributed by atoms with van der Waals surface area (Å²) in [5.41, 5.74) is 0.230. The van der Waals surface area contributed by atoms with Crippen molar-refractivity contribution in [2.75, 3.05) is 0 Å². The fraction of sp³-hybridized carbons (Fsp3) is 0.385.